The number of hydrogen-bond donors (Lipinski definition) is 0. The Hall–Kier alpha value is -1.77. The molecule has 0 radical (unpaired) electrons. The van der Waals surface area contributed by atoms with Gasteiger partial charge >= 0.3 is 0 Å². The summed E-state index contributed by atoms with van der Waals surface area (Å²) in [5, 5.41) is 0. The van der Waals surface area contributed by atoms with Crippen LogP contribution in [-0.2, 0) is 0 Å². The zero-order valence-electron chi connectivity index (χ0n) is 19.8. The third kappa shape index (κ3) is 6.62. The molecule has 0 amide bonds. The number of alkyl halides is 3. The molecule has 1 fully saturated rings. The second kappa shape index (κ2) is 11.9. The van der Waals surface area contributed by atoms with Gasteiger partial charge in [0.1, 0.15) is 0 Å². The Bertz CT molecular complexity index is 786. The molecule has 2 aromatic rings. The van der Waals surface area contributed by atoms with Gasteiger partial charge in [-0.1, -0.05) is 101 Å². The lowest BCUT2D eigenvalue weighted by Crippen LogP contribution is -2.22. The zero-order valence-corrected chi connectivity index (χ0v) is 19.8. The summed E-state index contributed by atoms with van der Waals surface area (Å²) in [7, 11) is 0. The summed E-state index contributed by atoms with van der Waals surface area (Å²) in [4.78, 5) is 0. The number of hydrogen-bond acceptors (Lipinski definition) is 0. The molecule has 1 atom stereocenters. The van der Waals surface area contributed by atoms with E-state index in [1.54, 1.807) is 19.1 Å². The number of benzene rings is 2. The van der Waals surface area contributed by atoms with E-state index in [0.29, 0.717) is 5.92 Å². The van der Waals surface area contributed by atoms with E-state index < -0.39 is 18.5 Å². The van der Waals surface area contributed by atoms with Gasteiger partial charge in [-0.05, 0) is 59.8 Å². The van der Waals surface area contributed by atoms with Crippen LogP contribution in [0.4, 0.5) is 13.2 Å². The van der Waals surface area contributed by atoms with Crippen LogP contribution in [0.5, 0.6) is 0 Å². The molecule has 0 heterocycles. The smallest absolute Gasteiger partial charge is 0.236 e. The fourth-order valence-electron chi connectivity index (χ4n) is 5.14. The van der Waals surface area contributed by atoms with Crippen molar-refractivity contribution in [2.45, 2.75) is 102 Å². The highest BCUT2D eigenvalue weighted by Gasteiger charge is 2.39. The topological polar surface area (TPSA) is 0 Å². The van der Waals surface area contributed by atoms with Gasteiger partial charge in [0.15, 0.2) is 6.17 Å². The van der Waals surface area contributed by atoms with E-state index in [2.05, 4.69) is 31.2 Å². The first kappa shape index (κ1) is 24.9. The predicted octanol–water partition coefficient (Wildman–Crippen LogP) is 10.0. The molecule has 32 heavy (non-hydrogen) atoms. The van der Waals surface area contributed by atoms with Crippen LogP contribution in [-0.4, -0.2) is 5.92 Å². The van der Waals surface area contributed by atoms with Gasteiger partial charge in [0.2, 0.25) is 0 Å². The lowest BCUT2D eigenvalue weighted by Gasteiger charge is -2.29. The average Bonchev–Trinajstić information content (AvgIpc) is 2.82. The highest BCUT2D eigenvalue weighted by atomic mass is 19.3. The number of rotatable bonds is 11. The Labute approximate surface area is 192 Å². The van der Waals surface area contributed by atoms with Crippen molar-refractivity contribution in [1.82, 2.24) is 0 Å². The summed E-state index contributed by atoms with van der Waals surface area (Å²) < 4.78 is 42.1. The average molecular weight is 445 g/mol. The highest BCUT2D eigenvalue weighted by Crippen LogP contribution is 2.40. The molecule has 0 aromatic heterocycles. The summed E-state index contributed by atoms with van der Waals surface area (Å²) in [5.74, 6) is -1.76. The Morgan fingerprint density at radius 1 is 0.781 bits per heavy atom. The molecule has 0 bridgehead atoms. The zero-order chi connectivity index (χ0) is 23.0. The van der Waals surface area contributed by atoms with E-state index in [0.717, 1.165) is 17.0 Å². The summed E-state index contributed by atoms with van der Waals surface area (Å²) in [5.41, 5.74) is 3.43. The molecule has 1 unspecified atom stereocenters. The van der Waals surface area contributed by atoms with Crippen LogP contribution in [0.25, 0.3) is 11.1 Å². The maximum atomic E-state index is 14.3. The van der Waals surface area contributed by atoms with Crippen LogP contribution in [0.1, 0.15) is 108 Å². The van der Waals surface area contributed by atoms with Gasteiger partial charge in [-0.3, -0.25) is 0 Å². The van der Waals surface area contributed by atoms with Crippen LogP contribution in [0.15, 0.2) is 48.5 Å². The van der Waals surface area contributed by atoms with Crippen molar-refractivity contribution in [2.24, 2.45) is 5.92 Å². The minimum atomic E-state index is -3.31. The molecular weight excluding hydrogens is 405 g/mol. The molecule has 1 aliphatic carbocycles. The molecule has 1 saturated carbocycles. The Morgan fingerprint density at radius 2 is 1.38 bits per heavy atom. The fraction of sp³-hybridized carbons (Fsp3) is 0.586. The van der Waals surface area contributed by atoms with Gasteiger partial charge in [0.05, 0.1) is 0 Å². The molecule has 1 aliphatic rings. The molecular formula is C29H39F3. The molecule has 0 spiro atoms. The normalized spacial score (nSPS) is 20.3. The lowest BCUT2D eigenvalue weighted by molar-refractivity contribution is -0.0807. The summed E-state index contributed by atoms with van der Waals surface area (Å²) >= 11 is 0. The molecule has 2 aromatic carbocycles. The lowest BCUT2D eigenvalue weighted by atomic mass is 9.77. The molecule has 3 heteroatoms. The molecule has 0 nitrogen and oxygen atoms in total. The number of unbranched alkanes of at least 4 members (excludes halogenated alkanes) is 3. The van der Waals surface area contributed by atoms with Crippen LogP contribution in [0.3, 0.4) is 0 Å². The van der Waals surface area contributed by atoms with Gasteiger partial charge < -0.3 is 0 Å². The first-order valence-electron chi connectivity index (χ1n) is 12.7. The summed E-state index contributed by atoms with van der Waals surface area (Å²) in [6.07, 6.45) is 9.64. The van der Waals surface area contributed by atoms with Gasteiger partial charge in [0.25, 0.3) is 5.92 Å². The minimum absolute atomic E-state index is 0.0512. The van der Waals surface area contributed by atoms with Crippen molar-refractivity contribution < 1.29 is 13.2 Å². The van der Waals surface area contributed by atoms with Crippen LogP contribution < -0.4 is 0 Å². The van der Waals surface area contributed by atoms with E-state index in [9.17, 15) is 13.2 Å². The second-order valence-electron chi connectivity index (χ2n) is 9.68. The SMILES string of the molecule is CCCCCC[C@H]1CC[C@H](c2ccc(-c3ccc(C(F)C(F)(F)CCC)cc3)cc2)CC1. The van der Waals surface area contributed by atoms with E-state index in [1.807, 2.05) is 0 Å². The van der Waals surface area contributed by atoms with Gasteiger partial charge in [-0.25, -0.2) is 13.2 Å². The van der Waals surface area contributed by atoms with Crippen LogP contribution >= 0.6 is 0 Å². The Kier molecular flexibility index (Phi) is 9.25. The van der Waals surface area contributed by atoms with Crippen molar-refractivity contribution in [1.29, 1.82) is 0 Å². The van der Waals surface area contributed by atoms with Gasteiger partial charge in [-0.15, -0.1) is 0 Å². The van der Waals surface area contributed by atoms with E-state index in [4.69, 9.17) is 0 Å². The summed E-state index contributed by atoms with van der Waals surface area (Å²) in [6, 6.07) is 15.1. The molecule has 0 aliphatic heterocycles. The molecule has 3 rings (SSSR count). The number of halogens is 3. The third-order valence-corrected chi connectivity index (χ3v) is 7.19. The van der Waals surface area contributed by atoms with Crippen molar-refractivity contribution >= 4 is 0 Å². The highest BCUT2D eigenvalue weighted by molar-refractivity contribution is 5.64. The molecule has 176 valence electrons. The van der Waals surface area contributed by atoms with Crippen molar-refractivity contribution in [3.63, 3.8) is 0 Å². The minimum Gasteiger partial charge on any atom is -0.236 e. The van der Waals surface area contributed by atoms with Gasteiger partial charge in [-0.2, -0.15) is 0 Å². The first-order chi connectivity index (χ1) is 15.4. The monoisotopic (exact) mass is 444 g/mol. The first-order valence-corrected chi connectivity index (χ1v) is 12.7. The molecule has 0 N–H and O–H groups in total. The van der Waals surface area contributed by atoms with Crippen molar-refractivity contribution in [3.05, 3.63) is 59.7 Å². The van der Waals surface area contributed by atoms with Crippen LogP contribution in [0, 0.1) is 5.92 Å². The predicted molar refractivity (Wildman–Crippen MR) is 129 cm³/mol. The summed E-state index contributed by atoms with van der Waals surface area (Å²) in [6.45, 7) is 3.91. The fourth-order valence-corrected chi connectivity index (χ4v) is 5.14. The Morgan fingerprint density at radius 3 is 1.94 bits per heavy atom. The largest absolute Gasteiger partial charge is 0.282 e. The maximum Gasteiger partial charge on any atom is 0.282 e. The standard InChI is InChI=1S/C29H39F3/c1-3-5-6-7-8-22-9-11-23(12-10-22)24-13-15-25(16-14-24)26-17-19-27(20-18-26)28(30)29(31,32)21-4-2/h13-20,22-23,28H,3-12,21H2,1-2H3/t22-,23-,28?. The maximum absolute atomic E-state index is 14.3. The third-order valence-electron chi connectivity index (χ3n) is 7.19. The van der Waals surface area contributed by atoms with E-state index in [1.165, 1.54) is 75.5 Å². The van der Waals surface area contributed by atoms with E-state index in [-0.39, 0.29) is 12.0 Å². The molecule has 0 saturated heterocycles. The Balaban J connectivity index is 1.55. The van der Waals surface area contributed by atoms with Crippen molar-refractivity contribution in [2.75, 3.05) is 0 Å². The second-order valence-corrected chi connectivity index (χ2v) is 9.68. The van der Waals surface area contributed by atoms with E-state index >= 15 is 0 Å². The van der Waals surface area contributed by atoms with Crippen molar-refractivity contribution in [3.8, 4) is 11.1 Å². The quantitative estimate of drug-likeness (QED) is 0.302. The van der Waals surface area contributed by atoms with Gasteiger partial charge in [0, 0.05) is 6.42 Å². The van der Waals surface area contributed by atoms with Crippen LogP contribution in [0.2, 0.25) is 0 Å².